The first kappa shape index (κ1) is 16.9. The first-order valence-electron chi connectivity index (χ1n) is 7.97. The van der Waals surface area contributed by atoms with Crippen LogP contribution in [0.15, 0.2) is 53.5 Å². The SMILES string of the molecule is CCOc1cccc(CN=C(N)Nc2cccc(C(C)C)c2)c1. The first-order valence-corrected chi connectivity index (χ1v) is 7.97. The van der Waals surface area contributed by atoms with E-state index >= 15 is 0 Å². The van der Waals surface area contributed by atoms with Gasteiger partial charge in [-0.05, 0) is 48.2 Å². The standard InChI is InChI=1S/C19H25N3O/c1-4-23-18-10-5-7-15(11-18)13-21-19(20)22-17-9-6-8-16(12-17)14(2)3/h5-12,14H,4,13H2,1-3H3,(H3,20,21,22). The highest BCUT2D eigenvalue weighted by Crippen LogP contribution is 2.18. The van der Waals surface area contributed by atoms with E-state index in [1.165, 1.54) is 5.56 Å². The van der Waals surface area contributed by atoms with Crippen molar-refractivity contribution in [2.45, 2.75) is 33.2 Å². The summed E-state index contributed by atoms with van der Waals surface area (Å²) in [5.74, 6) is 1.75. The van der Waals surface area contributed by atoms with E-state index in [0.29, 0.717) is 25.0 Å². The summed E-state index contributed by atoms with van der Waals surface area (Å²) >= 11 is 0. The molecule has 0 saturated carbocycles. The van der Waals surface area contributed by atoms with Crippen LogP contribution in [0.4, 0.5) is 5.69 Å². The van der Waals surface area contributed by atoms with E-state index in [-0.39, 0.29) is 0 Å². The quantitative estimate of drug-likeness (QED) is 0.623. The number of guanidine groups is 1. The van der Waals surface area contributed by atoms with Gasteiger partial charge in [-0.15, -0.1) is 0 Å². The number of anilines is 1. The molecule has 4 nitrogen and oxygen atoms in total. The Morgan fingerprint density at radius 3 is 2.70 bits per heavy atom. The predicted molar refractivity (Wildman–Crippen MR) is 97.1 cm³/mol. The summed E-state index contributed by atoms with van der Waals surface area (Å²) < 4.78 is 5.49. The highest BCUT2D eigenvalue weighted by molar-refractivity contribution is 5.92. The highest BCUT2D eigenvalue weighted by atomic mass is 16.5. The van der Waals surface area contributed by atoms with Crippen LogP contribution in [0.1, 0.15) is 37.8 Å². The molecule has 0 atom stereocenters. The molecule has 2 aromatic rings. The topological polar surface area (TPSA) is 59.6 Å². The van der Waals surface area contributed by atoms with Crippen molar-refractivity contribution < 1.29 is 4.74 Å². The molecule has 4 heteroatoms. The smallest absolute Gasteiger partial charge is 0.193 e. The average Bonchev–Trinajstić information content (AvgIpc) is 2.54. The number of rotatable bonds is 6. The summed E-state index contributed by atoms with van der Waals surface area (Å²) in [6.07, 6.45) is 0. The summed E-state index contributed by atoms with van der Waals surface area (Å²) in [5, 5.41) is 3.14. The van der Waals surface area contributed by atoms with E-state index in [4.69, 9.17) is 10.5 Å². The minimum absolute atomic E-state index is 0.410. The fourth-order valence-corrected chi connectivity index (χ4v) is 2.24. The molecule has 2 aromatic carbocycles. The van der Waals surface area contributed by atoms with Crippen LogP contribution in [0, 0.1) is 0 Å². The van der Waals surface area contributed by atoms with Crippen LogP contribution < -0.4 is 15.8 Å². The lowest BCUT2D eigenvalue weighted by Crippen LogP contribution is -2.22. The van der Waals surface area contributed by atoms with E-state index in [1.807, 2.05) is 43.3 Å². The maximum absolute atomic E-state index is 5.98. The Hall–Kier alpha value is -2.49. The van der Waals surface area contributed by atoms with Crippen molar-refractivity contribution in [1.29, 1.82) is 0 Å². The van der Waals surface area contributed by atoms with E-state index in [1.54, 1.807) is 0 Å². The Balaban J connectivity index is 2.00. The molecule has 23 heavy (non-hydrogen) atoms. The molecule has 3 N–H and O–H groups in total. The van der Waals surface area contributed by atoms with Crippen molar-refractivity contribution >= 4 is 11.6 Å². The van der Waals surface area contributed by atoms with Crippen LogP contribution in [0.5, 0.6) is 5.75 Å². The summed E-state index contributed by atoms with van der Waals surface area (Å²) in [4.78, 5) is 4.39. The van der Waals surface area contributed by atoms with Gasteiger partial charge in [-0.1, -0.05) is 38.1 Å². The molecule has 0 spiro atoms. The number of hydrogen-bond donors (Lipinski definition) is 2. The molecule has 0 fully saturated rings. The van der Waals surface area contributed by atoms with Gasteiger partial charge in [0.15, 0.2) is 5.96 Å². The summed E-state index contributed by atoms with van der Waals surface area (Å²) in [5.41, 5.74) is 9.28. The molecule has 0 aliphatic carbocycles. The van der Waals surface area contributed by atoms with Crippen LogP contribution in [-0.4, -0.2) is 12.6 Å². The van der Waals surface area contributed by atoms with Crippen molar-refractivity contribution in [3.05, 3.63) is 59.7 Å². The zero-order chi connectivity index (χ0) is 16.7. The van der Waals surface area contributed by atoms with E-state index in [2.05, 4.69) is 36.3 Å². The van der Waals surface area contributed by atoms with Crippen molar-refractivity contribution in [3.63, 3.8) is 0 Å². The number of nitrogens with zero attached hydrogens (tertiary/aromatic N) is 1. The lowest BCUT2D eigenvalue weighted by Gasteiger charge is -2.10. The fourth-order valence-electron chi connectivity index (χ4n) is 2.24. The Morgan fingerprint density at radius 2 is 1.96 bits per heavy atom. The predicted octanol–water partition coefficient (Wildman–Crippen LogP) is 4.14. The fraction of sp³-hybridized carbons (Fsp3) is 0.316. The normalized spacial score (nSPS) is 11.6. The maximum Gasteiger partial charge on any atom is 0.193 e. The minimum atomic E-state index is 0.410. The second-order valence-electron chi connectivity index (χ2n) is 5.69. The van der Waals surface area contributed by atoms with Crippen LogP contribution >= 0.6 is 0 Å². The third-order valence-corrected chi connectivity index (χ3v) is 3.47. The maximum atomic E-state index is 5.98. The van der Waals surface area contributed by atoms with E-state index in [0.717, 1.165) is 17.0 Å². The van der Waals surface area contributed by atoms with Crippen LogP contribution in [-0.2, 0) is 6.54 Å². The van der Waals surface area contributed by atoms with Gasteiger partial charge >= 0.3 is 0 Å². The lowest BCUT2D eigenvalue weighted by molar-refractivity contribution is 0.340. The van der Waals surface area contributed by atoms with E-state index < -0.39 is 0 Å². The monoisotopic (exact) mass is 311 g/mol. The van der Waals surface area contributed by atoms with Crippen LogP contribution in [0.2, 0.25) is 0 Å². The third kappa shape index (κ3) is 5.33. The number of hydrogen-bond acceptors (Lipinski definition) is 2. The summed E-state index contributed by atoms with van der Waals surface area (Å²) in [6.45, 7) is 7.48. The third-order valence-electron chi connectivity index (χ3n) is 3.47. The van der Waals surface area contributed by atoms with Crippen LogP contribution in [0.25, 0.3) is 0 Å². The molecule has 0 bridgehead atoms. The minimum Gasteiger partial charge on any atom is -0.494 e. The van der Waals surface area contributed by atoms with Gasteiger partial charge in [0.1, 0.15) is 5.75 Å². The molecule has 0 radical (unpaired) electrons. The second-order valence-corrected chi connectivity index (χ2v) is 5.69. The summed E-state index contributed by atoms with van der Waals surface area (Å²) in [6, 6.07) is 16.1. The number of aliphatic imine (C=N–C) groups is 1. The summed E-state index contributed by atoms with van der Waals surface area (Å²) in [7, 11) is 0. The molecule has 0 aromatic heterocycles. The van der Waals surface area contributed by atoms with Gasteiger partial charge in [-0.3, -0.25) is 0 Å². The molecule has 0 amide bonds. The Labute approximate surface area is 138 Å². The van der Waals surface area contributed by atoms with Crippen molar-refractivity contribution in [1.82, 2.24) is 0 Å². The van der Waals surface area contributed by atoms with E-state index in [9.17, 15) is 0 Å². The highest BCUT2D eigenvalue weighted by Gasteiger charge is 2.01. The zero-order valence-corrected chi connectivity index (χ0v) is 14.0. The molecule has 0 saturated heterocycles. The zero-order valence-electron chi connectivity index (χ0n) is 14.0. The van der Waals surface area contributed by atoms with Crippen molar-refractivity contribution in [3.8, 4) is 5.75 Å². The molecule has 0 aliphatic rings. The number of nitrogens with two attached hydrogens (primary N) is 1. The van der Waals surface area contributed by atoms with Gasteiger partial charge in [0, 0.05) is 5.69 Å². The molecular weight excluding hydrogens is 286 g/mol. The van der Waals surface area contributed by atoms with Gasteiger partial charge in [0.2, 0.25) is 0 Å². The Bertz CT molecular complexity index is 665. The van der Waals surface area contributed by atoms with Gasteiger partial charge in [0.25, 0.3) is 0 Å². The number of ether oxygens (including phenoxy) is 1. The first-order chi connectivity index (χ1) is 11.1. The second kappa shape index (κ2) is 8.22. The molecule has 0 unspecified atom stereocenters. The average molecular weight is 311 g/mol. The van der Waals surface area contributed by atoms with Crippen molar-refractivity contribution in [2.75, 3.05) is 11.9 Å². The van der Waals surface area contributed by atoms with Crippen LogP contribution in [0.3, 0.4) is 0 Å². The Kier molecular flexibility index (Phi) is 6.03. The van der Waals surface area contributed by atoms with Gasteiger partial charge in [-0.2, -0.15) is 0 Å². The van der Waals surface area contributed by atoms with Crippen molar-refractivity contribution in [2.24, 2.45) is 10.7 Å². The van der Waals surface area contributed by atoms with Gasteiger partial charge < -0.3 is 15.8 Å². The Morgan fingerprint density at radius 1 is 1.17 bits per heavy atom. The van der Waals surface area contributed by atoms with Gasteiger partial charge in [0.05, 0.1) is 13.2 Å². The largest absolute Gasteiger partial charge is 0.494 e. The van der Waals surface area contributed by atoms with Gasteiger partial charge in [-0.25, -0.2) is 4.99 Å². The molecule has 2 rings (SSSR count). The molecule has 0 heterocycles. The lowest BCUT2D eigenvalue weighted by atomic mass is 10.0. The number of nitrogens with one attached hydrogen (secondary N) is 1. The molecule has 0 aliphatic heterocycles. The molecular formula is C19H25N3O. The molecule has 122 valence electrons. The number of benzene rings is 2.